The maximum Gasteiger partial charge on any atom is 0.240 e. The number of nitrogens with zero attached hydrogens (tertiary/aromatic N) is 3. The van der Waals surface area contributed by atoms with Crippen molar-refractivity contribution in [3.63, 3.8) is 0 Å². The summed E-state index contributed by atoms with van der Waals surface area (Å²) in [5, 5.41) is 9.12. The Bertz CT molecular complexity index is 347. The van der Waals surface area contributed by atoms with Crippen LogP contribution >= 0.6 is 0 Å². The first-order valence-corrected chi connectivity index (χ1v) is 7.06. The van der Waals surface area contributed by atoms with Gasteiger partial charge in [-0.2, -0.15) is 5.26 Å². The van der Waals surface area contributed by atoms with Crippen LogP contribution in [0.15, 0.2) is 0 Å². The molecule has 2 rings (SSSR count). The Labute approximate surface area is 110 Å². The van der Waals surface area contributed by atoms with Crippen LogP contribution in [0, 0.1) is 23.2 Å². The minimum absolute atomic E-state index is 0.0396. The molecule has 4 nitrogen and oxygen atoms in total. The number of carbonyl (C=O) groups excluding carboxylic acids is 1. The molecule has 100 valence electrons. The number of carbonyl (C=O) groups is 1. The van der Waals surface area contributed by atoms with Gasteiger partial charge in [0.25, 0.3) is 0 Å². The lowest BCUT2D eigenvalue weighted by atomic mass is 9.94. The van der Waals surface area contributed by atoms with E-state index in [0.717, 1.165) is 19.6 Å². The molecule has 2 aliphatic rings. The van der Waals surface area contributed by atoms with Crippen LogP contribution in [0.3, 0.4) is 0 Å². The average Bonchev–Trinajstić information content (AvgIpc) is 2.38. The summed E-state index contributed by atoms with van der Waals surface area (Å²) in [6.45, 7) is 7.67. The highest BCUT2D eigenvalue weighted by Crippen LogP contribution is 2.23. The van der Waals surface area contributed by atoms with Crippen LogP contribution in [0.4, 0.5) is 0 Å². The molecule has 2 fully saturated rings. The highest BCUT2D eigenvalue weighted by Gasteiger charge is 2.34. The highest BCUT2D eigenvalue weighted by atomic mass is 16.2. The third-order valence-corrected chi connectivity index (χ3v) is 4.22. The van der Waals surface area contributed by atoms with E-state index in [1.54, 1.807) is 0 Å². The van der Waals surface area contributed by atoms with E-state index in [0.29, 0.717) is 6.04 Å². The molecular formula is C14H23N3O. The van der Waals surface area contributed by atoms with E-state index < -0.39 is 5.92 Å². The monoisotopic (exact) mass is 249 g/mol. The third-order valence-electron chi connectivity index (χ3n) is 4.22. The van der Waals surface area contributed by atoms with Crippen LogP contribution in [0.2, 0.25) is 0 Å². The number of amides is 1. The molecule has 2 saturated heterocycles. The Morgan fingerprint density at radius 3 is 2.72 bits per heavy atom. The number of piperidine rings is 1. The minimum atomic E-state index is -0.472. The highest BCUT2D eigenvalue weighted by molar-refractivity contribution is 5.81. The van der Waals surface area contributed by atoms with Crippen molar-refractivity contribution in [1.82, 2.24) is 9.80 Å². The summed E-state index contributed by atoms with van der Waals surface area (Å²) in [5.41, 5.74) is 0. The Morgan fingerprint density at radius 2 is 2.06 bits per heavy atom. The fourth-order valence-corrected chi connectivity index (χ4v) is 3.04. The van der Waals surface area contributed by atoms with Crippen molar-refractivity contribution >= 4 is 5.91 Å². The smallest absolute Gasteiger partial charge is 0.240 e. The van der Waals surface area contributed by atoms with Crippen molar-refractivity contribution in [2.45, 2.75) is 39.2 Å². The maximum absolute atomic E-state index is 12.3. The van der Waals surface area contributed by atoms with Crippen molar-refractivity contribution in [2.75, 3.05) is 26.2 Å². The van der Waals surface area contributed by atoms with Gasteiger partial charge >= 0.3 is 0 Å². The lowest BCUT2D eigenvalue weighted by Crippen LogP contribution is -2.57. The molecular weight excluding hydrogens is 226 g/mol. The number of hydrogen-bond acceptors (Lipinski definition) is 3. The number of piperazine rings is 1. The first-order chi connectivity index (χ1) is 8.63. The molecule has 2 aliphatic heterocycles. The quantitative estimate of drug-likeness (QED) is 0.744. The number of fused-ring (bicyclic) bond motifs is 1. The molecule has 1 amide bonds. The largest absolute Gasteiger partial charge is 0.339 e. The van der Waals surface area contributed by atoms with Gasteiger partial charge in [-0.1, -0.05) is 20.3 Å². The van der Waals surface area contributed by atoms with Gasteiger partial charge in [0.2, 0.25) is 5.91 Å². The second kappa shape index (κ2) is 5.71. The molecule has 0 aliphatic carbocycles. The average molecular weight is 249 g/mol. The Balaban J connectivity index is 1.98. The lowest BCUT2D eigenvalue weighted by Gasteiger charge is -2.44. The molecule has 2 heterocycles. The SMILES string of the molecule is CC(C)C(C#N)C(=O)N1CCN2CCCCC2C1. The molecule has 0 spiro atoms. The first kappa shape index (κ1) is 13.4. The zero-order valence-corrected chi connectivity index (χ0v) is 11.4. The van der Waals surface area contributed by atoms with Crippen LogP contribution in [0.1, 0.15) is 33.1 Å². The predicted molar refractivity (Wildman–Crippen MR) is 69.7 cm³/mol. The second-order valence-electron chi connectivity index (χ2n) is 5.82. The van der Waals surface area contributed by atoms with Gasteiger partial charge in [-0.25, -0.2) is 0 Å². The van der Waals surface area contributed by atoms with Crippen molar-refractivity contribution in [2.24, 2.45) is 11.8 Å². The van der Waals surface area contributed by atoms with Crippen molar-refractivity contribution in [3.8, 4) is 6.07 Å². The molecule has 2 atom stereocenters. The van der Waals surface area contributed by atoms with Crippen molar-refractivity contribution in [3.05, 3.63) is 0 Å². The molecule has 0 radical (unpaired) electrons. The van der Waals surface area contributed by atoms with E-state index in [4.69, 9.17) is 5.26 Å². The molecule has 0 N–H and O–H groups in total. The van der Waals surface area contributed by atoms with Gasteiger partial charge in [0.1, 0.15) is 5.92 Å². The predicted octanol–water partition coefficient (Wildman–Crippen LogP) is 1.48. The van der Waals surface area contributed by atoms with Crippen LogP contribution in [0.25, 0.3) is 0 Å². The normalized spacial score (nSPS) is 26.6. The second-order valence-corrected chi connectivity index (χ2v) is 5.82. The molecule has 18 heavy (non-hydrogen) atoms. The summed E-state index contributed by atoms with van der Waals surface area (Å²) in [5.74, 6) is -0.329. The van der Waals surface area contributed by atoms with Crippen LogP contribution < -0.4 is 0 Å². The van der Waals surface area contributed by atoms with Gasteiger partial charge < -0.3 is 4.90 Å². The Morgan fingerprint density at radius 1 is 1.28 bits per heavy atom. The van der Waals surface area contributed by atoms with E-state index >= 15 is 0 Å². The summed E-state index contributed by atoms with van der Waals surface area (Å²) >= 11 is 0. The summed E-state index contributed by atoms with van der Waals surface area (Å²) < 4.78 is 0. The maximum atomic E-state index is 12.3. The molecule has 0 aromatic carbocycles. The van der Waals surface area contributed by atoms with Gasteiger partial charge in [-0.3, -0.25) is 9.69 Å². The number of hydrogen-bond donors (Lipinski definition) is 0. The van der Waals surface area contributed by atoms with Crippen LogP contribution in [-0.2, 0) is 4.79 Å². The van der Waals surface area contributed by atoms with Crippen molar-refractivity contribution < 1.29 is 4.79 Å². The molecule has 0 aromatic heterocycles. The standard InChI is InChI=1S/C14H23N3O/c1-11(2)13(9-15)14(18)17-8-7-16-6-4-3-5-12(16)10-17/h11-13H,3-8,10H2,1-2H3. The Kier molecular flexibility index (Phi) is 4.23. The van der Waals surface area contributed by atoms with Gasteiger partial charge in [0.15, 0.2) is 0 Å². The molecule has 0 aromatic rings. The third kappa shape index (κ3) is 2.67. The first-order valence-electron chi connectivity index (χ1n) is 7.06. The zero-order valence-electron chi connectivity index (χ0n) is 11.4. The van der Waals surface area contributed by atoms with E-state index in [9.17, 15) is 4.79 Å². The molecule has 4 heteroatoms. The van der Waals surface area contributed by atoms with Crippen LogP contribution in [0.5, 0.6) is 0 Å². The fourth-order valence-electron chi connectivity index (χ4n) is 3.04. The minimum Gasteiger partial charge on any atom is -0.339 e. The molecule has 0 saturated carbocycles. The summed E-state index contributed by atoms with van der Waals surface area (Å²) in [6, 6.07) is 2.70. The van der Waals surface area contributed by atoms with Gasteiger partial charge in [-0.05, 0) is 25.3 Å². The lowest BCUT2D eigenvalue weighted by molar-refractivity contribution is -0.138. The van der Waals surface area contributed by atoms with Gasteiger partial charge in [0, 0.05) is 25.7 Å². The van der Waals surface area contributed by atoms with E-state index in [2.05, 4.69) is 11.0 Å². The summed E-state index contributed by atoms with van der Waals surface area (Å²) in [4.78, 5) is 16.8. The van der Waals surface area contributed by atoms with Crippen LogP contribution in [-0.4, -0.2) is 47.9 Å². The molecule has 2 unspecified atom stereocenters. The summed E-state index contributed by atoms with van der Waals surface area (Å²) in [7, 11) is 0. The van der Waals surface area contributed by atoms with E-state index in [-0.39, 0.29) is 11.8 Å². The number of rotatable bonds is 2. The Hall–Kier alpha value is -1.08. The van der Waals surface area contributed by atoms with E-state index in [1.807, 2.05) is 18.7 Å². The molecule has 0 bridgehead atoms. The van der Waals surface area contributed by atoms with Crippen molar-refractivity contribution in [1.29, 1.82) is 5.26 Å². The van der Waals surface area contributed by atoms with E-state index in [1.165, 1.54) is 25.8 Å². The number of nitriles is 1. The van der Waals surface area contributed by atoms with Gasteiger partial charge in [-0.15, -0.1) is 0 Å². The van der Waals surface area contributed by atoms with Gasteiger partial charge in [0.05, 0.1) is 6.07 Å². The zero-order chi connectivity index (χ0) is 13.1. The topological polar surface area (TPSA) is 47.3 Å². The summed E-state index contributed by atoms with van der Waals surface area (Å²) in [6.07, 6.45) is 3.76. The fraction of sp³-hybridized carbons (Fsp3) is 0.857.